The zero-order chi connectivity index (χ0) is 16.2. The molecule has 0 aliphatic heterocycles. The van der Waals surface area contributed by atoms with Gasteiger partial charge in [-0.3, -0.25) is 4.79 Å². The van der Waals surface area contributed by atoms with Crippen LogP contribution in [0.4, 0.5) is 5.69 Å². The highest BCUT2D eigenvalue weighted by Gasteiger charge is 2.09. The van der Waals surface area contributed by atoms with E-state index >= 15 is 0 Å². The molecule has 0 aliphatic rings. The molecule has 3 aromatic rings. The molecular formula is C16H12Cl2N4O. The highest BCUT2D eigenvalue weighted by molar-refractivity contribution is 6.36. The zero-order valence-electron chi connectivity index (χ0n) is 11.9. The van der Waals surface area contributed by atoms with Gasteiger partial charge in [-0.2, -0.15) is 5.10 Å². The number of anilines is 1. The molecular weight excluding hydrogens is 335 g/mol. The normalized spacial score (nSPS) is 10.5. The van der Waals surface area contributed by atoms with E-state index in [0.717, 1.165) is 5.56 Å². The van der Waals surface area contributed by atoms with E-state index in [2.05, 4.69) is 15.4 Å². The average molecular weight is 347 g/mol. The Morgan fingerprint density at radius 1 is 1.13 bits per heavy atom. The number of carbonyl (C=O) groups is 1. The van der Waals surface area contributed by atoms with Gasteiger partial charge in [-0.1, -0.05) is 35.3 Å². The van der Waals surface area contributed by atoms with Gasteiger partial charge in [-0.25, -0.2) is 9.67 Å². The maximum absolute atomic E-state index is 12.2. The van der Waals surface area contributed by atoms with Gasteiger partial charge in [0.2, 0.25) is 0 Å². The van der Waals surface area contributed by atoms with Crippen LogP contribution in [-0.2, 0) is 6.54 Å². The second-order valence-corrected chi connectivity index (χ2v) is 5.71. The summed E-state index contributed by atoms with van der Waals surface area (Å²) in [6, 6.07) is 12.2. The average Bonchev–Trinajstić information content (AvgIpc) is 3.04. The minimum atomic E-state index is -0.235. The maximum atomic E-state index is 12.2. The van der Waals surface area contributed by atoms with Crippen LogP contribution in [0.2, 0.25) is 10.0 Å². The van der Waals surface area contributed by atoms with E-state index in [9.17, 15) is 4.79 Å². The molecule has 0 fully saturated rings. The number of nitrogens with zero attached hydrogens (tertiary/aromatic N) is 3. The molecule has 2 aromatic carbocycles. The van der Waals surface area contributed by atoms with Gasteiger partial charge in [0.15, 0.2) is 0 Å². The number of carbonyl (C=O) groups excluding carboxylic acids is 1. The van der Waals surface area contributed by atoms with Crippen molar-refractivity contribution in [1.82, 2.24) is 14.8 Å². The van der Waals surface area contributed by atoms with Crippen LogP contribution in [0, 0.1) is 0 Å². The smallest absolute Gasteiger partial charge is 0.255 e. The summed E-state index contributed by atoms with van der Waals surface area (Å²) < 4.78 is 1.71. The topological polar surface area (TPSA) is 59.8 Å². The van der Waals surface area contributed by atoms with E-state index in [1.165, 1.54) is 6.33 Å². The molecule has 0 saturated carbocycles. The van der Waals surface area contributed by atoms with Crippen LogP contribution in [0.1, 0.15) is 15.9 Å². The number of hydrogen-bond acceptors (Lipinski definition) is 3. The van der Waals surface area contributed by atoms with Crippen LogP contribution in [0.3, 0.4) is 0 Å². The van der Waals surface area contributed by atoms with Gasteiger partial charge in [0.25, 0.3) is 5.91 Å². The minimum absolute atomic E-state index is 0.235. The summed E-state index contributed by atoms with van der Waals surface area (Å²) in [7, 11) is 0. The van der Waals surface area contributed by atoms with Crippen LogP contribution in [0.5, 0.6) is 0 Å². The van der Waals surface area contributed by atoms with Gasteiger partial charge in [0.1, 0.15) is 12.7 Å². The highest BCUT2D eigenvalue weighted by Crippen LogP contribution is 2.25. The first kappa shape index (κ1) is 15.5. The summed E-state index contributed by atoms with van der Waals surface area (Å²) in [5.74, 6) is -0.235. The standard InChI is InChI=1S/C16H12Cl2N4O/c17-13-5-6-15(14(18)7-13)21-16(23)12-3-1-11(2-4-12)8-22-10-19-9-20-22/h1-7,9-10H,8H2,(H,21,23). The van der Waals surface area contributed by atoms with Crippen molar-refractivity contribution < 1.29 is 4.79 Å². The van der Waals surface area contributed by atoms with Crippen molar-refractivity contribution in [3.63, 3.8) is 0 Å². The molecule has 23 heavy (non-hydrogen) atoms. The fraction of sp³-hybridized carbons (Fsp3) is 0.0625. The Labute approximate surface area is 142 Å². The number of rotatable bonds is 4. The van der Waals surface area contributed by atoms with E-state index in [-0.39, 0.29) is 5.91 Å². The van der Waals surface area contributed by atoms with Gasteiger partial charge in [0, 0.05) is 10.6 Å². The highest BCUT2D eigenvalue weighted by atomic mass is 35.5. The predicted octanol–water partition coefficient (Wildman–Crippen LogP) is 3.89. The van der Waals surface area contributed by atoms with Crippen molar-refractivity contribution in [1.29, 1.82) is 0 Å². The summed E-state index contributed by atoms with van der Waals surface area (Å²) in [5, 5.41) is 7.72. The number of nitrogens with one attached hydrogen (secondary N) is 1. The quantitative estimate of drug-likeness (QED) is 0.779. The second-order valence-electron chi connectivity index (χ2n) is 4.87. The first-order chi connectivity index (χ1) is 11.1. The largest absolute Gasteiger partial charge is 0.321 e. The first-order valence-corrected chi connectivity index (χ1v) is 7.55. The van der Waals surface area contributed by atoms with Crippen molar-refractivity contribution in [3.05, 3.63) is 76.3 Å². The van der Waals surface area contributed by atoms with Gasteiger partial charge >= 0.3 is 0 Å². The Bertz CT molecular complexity index is 817. The predicted molar refractivity (Wildman–Crippen MR) is 90.0 cm³/mol. The van der Waals surface area contributed by atoms with E-state index in [4.69, 9.17) is 23.2 Å². The molecule has 0 radical (unpaired) electrons. The van der Waals surface area contributed by atoms with Gasteiger partial charge in [-0.15, -0.1) is 0 Å². The van der Waals surface area contributed by atoms with Gasteiger partial charge in [0.05, 0.1) is 17.3 Å². The molecule has 1 N–H and O–H groups in total. The lowest BCUT2D eigenvalue weighted by atomic mass is 10.1. The molecule has 7 heteroatoms. The molecule has 1 heterocycles. The Hall–Kier alpha value is -2.37. The van der Waals surface area contributed by atoms with Crippen LogP contribution in [-0.4, -0.2) is 20.7 Å². The lowest BCUT2D eigenvalue weighted by Crippen LogP contribution is -2.12. The molecule has 5 nitrogen and oxygen atoms in total. The molecule has 0 aliphatic carbocycles. The van der Waals surface area contributed by atoms with Crippen LogP contribution >= 0.6 is 23.2 Å². The Morgan fingerprint density at radius 3 is 2.57 bits per heavy atom. The molecule has 0 spiro atoms. The number of amides is 1. The van der Waals surface area contributed by atoms with E-state index in [1.807, 2.05) is 12.1 Å². The molecule has 0 saturated heterocycles. The van der Waals surface area contributed by atoms with E-state index in [1.54, 1.807) is 41.3 Å². The van der Waals surface area contributed by atoms with Crippen LogP contribution in [0.25, 0.3) is 0 Å². The van der Waals surface area contributed by atoms with Crippen molar-refractivity contribution in [2.45, 2.75) is 6.54 Å². The number of halogens is 2. The van der Waals surface area contributed by atoms with Crippen molar-refractivity contribution in [3.8, 4) is 0 Å². The molecule has 1 aromatic heterocycles. The minimum Gasteiger partial charge on any atom is -0.321 e. The fourth-order valence-corrected chi connectivity index (χ4v) is 2.50. The van der Waals surface area contributed by atoms with Crippen molar-refractivity contribution in [2.75, 3.05) is 5.32 Å². The fourth-order valence-electron chi connectivity index (χ4n) is 2.05. The van der Waals surface area contributed by atoms with E-state index in [0.29, 0.717) is 27.8 Å². The third kappa shape index (κ3) is 3.88. The molecule has 116 valence electrons. The molecule has 0 bridgehead atoms. The summed E-state index contributed by atoms with van der Waals surface area (Å²) >= 11 is 11.9. The summed E-state index contributed by atoms with van der Waals surface area (Å²) in [4.78, 5) is 16.1. The summed E-state index contributed by atoms with van der Waals surface area (Å²) in [5.41, 5.74) is 2.09. The van der Waals surface area contributed by atoms with Crippen molar-refractivity contribution in [2.24, 2.45) is 0 Å². The number of benzene rings is 2. The third-order valence-corrected chi connectivity index (χ3v) is 3.75. The number of aromatic nitrogens is 3. The van der Waals surface area contributed by atoms with Crippen molar-refractivity contribution >= 4 is 34.8 Å². The van der Waals surface area contributed by atoms with Crippen LogP contribution in [0.15, 0.2) is 55.1 Å². The third-order valence-electron chi connectivity index (χ3n) is 3.21. The molecule has 3 rings (SSSR count). The first-order valence-electron chi connectivity index (χ1n) is 6.79. The van der Waals surface area contributed by atoms with Gasteiger partial charge < -0.3 is 5.32 Å². The molecule has 0 atom stereocenters. The summed E-state index contributed by atoms with van der Waals surface area (Å²) in [6.45, 7) is 0.602. The molecule has 1 amide bonds. The Kier molecular flexibility index (Phi) is 4.60. The Balaban J connectivity index is 1.70. The van der Waals surface area contributed by atoms with E-state index < -0.39 is 0 Å². The number of hydrogen-bond donors (Lipinski definition) is 1. The Morgan fingerprint density at radius 2 is 1.91 bits per heavy atom. The SMILES string of the molecule is O=C(Nc1ccc(Cl)cc1Cl)c1ccc(Cn2cncn2)cc1. The summed E-state index contributed by atoms with van der Waals surface area (Å²) in [6.07, 6.45) is 3.13. The second kappa shape index (κ2) is 6.81. The lowest BCUT2D eigenvalue weighted by Gasteiger charge is -2.08. The lowest BCUT2D eigenvalue weighted by molar-refractivity contribution is 0.102. The monoisotopic (exact) mass is 346 g/mol. The maximum Gasteiger partial charge on any atom is 0.255 e. The zero-order valence-corrected chi connectivity index (χ0v) is 13.4. The van der Waals surface area contributed by atoms with Crippen LogP contribution < -0.4 is 5.32 Å². The van der Waals surface area contributed by atoms with Gasteiger partial charge in [-0.05, 0) is 35.9 Å². The molecule has 0 unspecified atom stereocenters.